The molecule has 4 heterocycles. The van der Waals surface area contributed by atoms with Crippen LogP contribution in [0.1, 0.15) is 23.2 Å². The third-order valence-electron chi connectivity index (χ3n) is 4.47. The molecule has 3 aromatic rings. The van der Waals surface area contributed by atoms with Crippen LogP contribution in [-0.4, -0.2) is 26.2 Å². The molecule has 5 heteroatoms. The molecule has 0 spiro atoms. The zero-order valence-corrected chi connectivity index (χ0v) is 14.1. The fraction of sp³-hybridized carbons (Fsp3) is 0.333. The van der Waals surface area contributed by atoms with Gasteiger partial charge in [-0.05, 0) is 53.9 Å². The zero-order valence-electron chi connectivity index (χ0n) is 13.3. The summed E-state index contributed by atoms with van der Waals surface area (Å²) in [5, 5.41) is 9.19. The molecule has 0 N–H and O–H groups in total. The van der Waals surface area contributed by atoms with Crippen molar-refractivity contribution in [3.63, 3.8) is 0 Å². The SMILES string of the molecule is Cn1nc(-c2cccnc2)c2c1CN(Cc1ccsc1)CCC2. The van der Waals surface area contributed by atoms with Crippen LogP contribution in [0.3, 0.4) is 0 Å². The largest absolute Gasteiger partial charge is 0.293 e. The molecular formula is C18H20N4S. The summed E-state index contributed by atoms with van der Waals surface area (Å²) in [6.07, 6.45) is 5.99. The maximum Gasteiger partial charge on any atom is 0.0973 e. The summed E-state index contributed by atoms with van der Waals surface area (Å²) in [7, 11) is 2.06. The van der Waals surface area contributed by atoms with Gasteiger partial charge in [0, 0.05) is 43.7 Å². The van der Waals surface area contributed by atoms with Crippen molar-refractivity contribution in [2.45, 2.75) is 25.9 Å². The number of hydrogen-bond donors (Lipinski definition) is 0. The quantitative estimate of drug-likeness (QED) is 0.739. The molecular weight excluding hydrogens is 304 g/mol. The highest BCUT2D eigenvalue weighted by Gasteiger charge is 2.22. The van der Waals surface area contributed by atoms with Crippen LogP contribution in [0, 0.1) is 0 Å². The molecule has 4 rings (SSSR count). The number of hydrogen-bond acceptors (Lipinski definition) is 4. The van der Waals surface area contributed by atoms with Crippen molar-refractivity contribution in [1.29, 1.82) is 0 Å². The van der Waals surface area contributed by atoms with Crippen molar-refractivity contribution in [2.24, 2.45) is 7.05 Å². The van der Waals surface area contributed by atoms with E-state index < -0.39 is 0 Å². The van der Waals surface area contributed by atoms with Crippen LogP contribution in [0.4, 0.5) is 0 Å². The third-order valence-corrected chi connectivity index (χ3v) is 5.20. The molecule has 0 saturated heterocycles. The van der Waals surface area contributed by atoms with Gasteiger partial charge in [0.05, 0.1) is 11.4 Å². The lowest BCUT2D eigenvalue weighted by molar-refractivity contribution is 0.255. The third kappa shape index (κ3) is 2.94. The van der Waals surface area contributed by atoms with E-state index in [1.807, 2.05) is 18.5 Å². The van der Waals surface area contributed by atoms with Crippen molar-refractivity contribution in [1.82, 2.24) is 19.7 Å². The first kappa shape index (κ1) is 14.6. The molecule has 0 aromatic carbocycles. The summed E-state index contributed by atoms with van der Waals surface area (Å²) in [5.74, 6) is 0. The Morgan fingerprint density at radius 2 is 2.26 bits per heavy atom. The summed E-state index contributed by atoms with van der Waals surface area (Å²) in [6.45, 7) is 3.13. The van der Waals surface area contributed by atoms with Gasteiger partial charge in [0.1, 0.15) is 0 Å². The molecule has 118 valence electrons. The fourth-order valence-corrected chi connectivity index (χ4v) is 4.00. The van der Waals surface area contributed by atoms with Gasteiger partial charge in [-0.25, -0.2) is 0 Å². The second kappa shape index (κ2) is 6.26. The molecule has 0 aliphatic carbocycles. The van der Waals surface area contributed by atoms with E-state index in [0.717, 1.165) is 37.3 Å². The van der Waals surface area contributed by atoms with Gasteiger partial charge in [0.25, 0.3) is 0 Å². The van der Waals surface area contributed by atoms with Gasteiger partial charge in [-0.1, -0.05) is 0 Å². The normalized spacial score (nSPS) is 15.3. The molecule has 0 amide bonds. The number of nitrogens with zero attached hydrogens (tertiary/aromatic N) is 4. The first-order valence-electron chi connectivity index (χ1n) is 8.00. The highest BCUT2D eigenvalue weighted by Crippen LogP contribution is 2.29. The van der Waals surface area contributed by atoms with Gasteiger partial charge >= 0.3 is 0 Å². The lowest BCUT2D eigenvalue weighted by atomic mass is 10.0. The Morgan fingerprint density at radius 3 is 3.04 bits per heavy atom. The zero-order chi connectivity index (χ0) is 15.6. The maximum absolute atomic E-state index is 4.79. The summed E-state index contributed by atoms with van der Waals surface area (Å²) in [6, 6.07) is 6.31. The van der Waals surface area contributed by atoms with E-state index in [1.165, 1.54) is 23.2 Å². The van der Waals surface area contributed by atoms with E-state index in [9.17, 15) is 0 Å². The van der Waals surface area contributed by atoms with Gasteiger partial charge in [-0.3, -0.25) is 14.6 Å². The van der Waals surface area contributed by atoms with Crippen molar-refractivity contribution in [3.8, 4) is 11.3 Å². The van der Waals surface area contributed by atoms with Gasteiger partial charge in [-0.15, -0.1) is 0 Å². The Bertz CT molecular complexity index is 777. The topological polar surface area (TPSA) is 34.0 Å². The number of rotatable bonds is 3. The first-order valence-corrected chi connectivity index (χ1v) is 8.94. The summed E-state index contributed by atoms with van der Waals surface area (Å²) in [4.78, 5) is 6.78. The van der Waals surface area contributed by atoms with E-state index in [0.29, 0.717) is 0 Å². The van der Waals surface area contributed by atoms with Crippen LogP contribution < -0.4 is 0 Å². The molecule has 4 nitrogen and oxygen atoms in total. The van der Waals surface area contributed by atoms with E-state index in [2.05, 4.69) is 44.5 Å². The number of pyridine rings is 1. The Morgan fingerprint density at radius 1 is 1.30 bits per heavy atom. The first-order chi connectivity index (χ1) is 11.3. The predicted octanol–water partition coefficient (Wildman–Crippen LogP) is 3.49. The van der Waals surface area contributed by atoms with Crippen molar-refractivity contribution in [3.05, 3.63) is 58.2 Å². The van der Waals surface area contributed by atoms with Crippen LogP contribution in [-0.2, 0) is 26.6 Å². The van der Waals surface area contributed by atoms with Gasteiger partial charge < -0.3 is 0 Å². The van der Waals surface area contributed by atoms with E-state index in [-0.39, 0.29) is 0 Å². The smallest absolute Gasteiger partial charge is 0.0973 e. The Kier molecular flexibility index (Phi) is 3.97. The predicted molar refractivity (Wildman–Crippen MR) is 93.2 cm³/mol. The number of aromatic nitrogens is 3. The second-order valence-corrected chi connectivity index (χ2v) is 6.87. The van der Waals surface area contributed by atoms with Crippen LogP contribution in [0.5, 0.6) is 0 Å². The minimum Gasteiger partial charge on any atom is -0.293 e. The molecule has 1 aliphatic heterocycles. The molecule has 3 aromatic heterocycles. The van der Waals surface area contributed by atoms with Gasteiger partial charge in [0.2, 0.25) is 0 Å². The van der Waals surface area contributed by atoms with Crippen LogP contribution in [0.15, 0.2) is 41.4 Å². The number of aryl methyl sites for hydroxylation is 1. The average Bonchev–Trinajstić information content (AvgIpc) is 3.12. The molecule has 0 atom stereocenters. The maximum atomic E-state index is 4.79. The molecule has 1 aliphatic rings. The van der Waals surface area contributed by atoms with Gasteiger partial charge in [0.15, 0.2) is 0 Å². The Labute approximate surface area is 140 Å². The molecule has 0 bridgehead atoms. The lowest BCUT2D eigenvalue weighted by Gasteiger charge is -2.19. The molecule has 0 radical (unpaired) electrons. The molecule has 0 saturated carbocycles. The minimum absolute atomic E-state index is 0.967. The molecule has 0 unspecified atom stereocenters. The van der Waals surface area contributed by atoms with Crippen LogP contribution in [0.2, 0.25) is 0 Å². The second-order valence-electron chi connectivity index (χ2n) is 6.08. The Hall–Kier alpha value is -1.98. The summed E-state index contributed by atoms with van der Waals surface area (Å²) in [5.41, 5.74) is 6.38. The molecule has 23 heavy (non-hydrogen) atoms. The van der Waals surface area contributed by atoms with Crippen molar-refractivity contribution < 1.29 is 0 Å². The van der Waals surface area contributed by atoms with Crippen molar-refractivity contribution >= 4 is 11.3 Å². The van der Waals surface area contributed by atoms with Crippen molar-refractivity contribution in [2.75, 3.05) is 6.54 Å². The summed E-state index contributed by atoms with van der Waals surface area (Å²) < 4.78 is 2.06. The van der Waals surface area contributed by atoms with Gasteiger partial charge in [-0.2, -0.15) is 16.4 Å². The minimum atomic E-state index is 0.967. The fourth-order valence-electron chi connectivity index (χ4n) is 3.34. The van der Waals surface area contributed by atoms with E-state index >= 15 is 0 Å². The monoisotopic (exact) mass is 324 g/mol. The number of thiophene rings is 1. The number of fused-ring (bicyclic) bond motifs is 1. The van der Waals surface area contributed by atoms with E-state index in [1.54, 1.807) is 11.3 Å². The lowest BCUT2D eigenvalue weighted by Crippen LogP contribution is -2.23. The highest BCUT2D eigenvalue weighted by molar-refractivity contribution is 7.07. The standard InChI is InChI=1S/C18H20N4S/c1-21-17-12-22(11-14-6-9-23-13-14)8-3-5-16(17)18(20-21)15-4-2-7-19-10-15/h2,4,6-7,9-10,13H,3,5,8,11-12H2,1H3. The van der Waals surface area contributed by atoms with Crippen LogP contribution >= 0.6 is 11.3 Å². The Balaban J connectivity index is 1.65. The van der Waals surface area contributed by atoms with E-state index in [4.69, 9.17) is 5.10 Å². The highest BCUT2D eigenvalue weighted by atomic mass is 32.1. The summed E-state index contributed by atoms with van der Waals surface area (Å²) >= 11 is 1.77. The average molecular weight is 324 g/mol. The van der Waals surface area contributed by atoms with Crippen LogP contribution in [0.25, 0.3) is 11.3 Å². The molecule has 0 fully saturated rings.